The highest BCUT2D eigenvalue weighted by Gasteiger charge is 2.37. The Kier molecular flexibility index (Phi) is 4.06. The molecular weight excluding hydrogens is 302 g/mol. The fourth-order valence-corrected chi connectivity index (χ4v) is 2.60. The summed E-state index contributed by atoms with van der Waals surface area (Å²) in [4.78, 5) is 26.1. The molecule has 2 aromatic carbocycles. The standard InChI is InChI=1S/C17H14F2N2O2/c18-11-4-6-14(7-5-11)21-9-8-15(17(21)23)16(22)20-13-3-1-2-12(19)10-13/h1-7,10,15H,8-9H2,(H,20,22)/t15-/m1/s1. The smallest absolute Gasteiger partial charge is 0.239 e. The highest BCUT2D eigenvalue weighted by atomic mass is 19.1. The van der Waals surface area contributed by atoms with Crippen molar-refractivity contribution in [1.82, 2.24) is 0 Å². The zero-order valence-electron chi connectivity index (χ0n) is 12.1. The Labute approximate surface area is 131 Å². The number of hydrogen-bond donors (Lipinski definition) is 1. The molecule has 1 aliphatic heterocycles. The van der Waals surface area contributed by atoms with E-state index in [1.165, 1.54) is 47.4 Å². The van der Waals surface area contributed by atoms with E-state index in [1.807, 2.05) is 0 Å². The summed E-state index contributed by atoms with van der Waals surface area (Å²) in [5.41, 5.74) is 0.862. The molecule has 0 radical (unpaired) electrons. The van der Waals surface area contributed by atoms with Crippen LogP contribution in [-0.4, -0.2) is 18.4 Å². The van der Waals surface area contributed by atoms with Crippen molar-refractivity contribution in [2.45, 2.75) is 6.42 Å². The lowest BCUT2D eigenvalue weighted by atomic mass is 10.1. The van der Waals surface area contributed by atoms with Gasteiger partial charge in [0.15, 0.2) is 0 Å². The van der Waals surface area contributed by atoms with Gasteiger partial charge in [-0.15, -0.1) is 0 Å². The lowest BCUT2D eigenvalue weighted by Crippen LogP contribution is -2.33. The molecule has 1 N–H and O–H groups in total. The Hall–Kier alpha value is -2.76. The van der Waals surface area contributed by atoms with Crippen LogP contribution in [0.3, 0.4) is 0 Å². The van der Waals surface area contributed by atoms with Crippen LogP contribution in [-0.2, 0) is 9.59 Å². The molecule has 0 saturated carbocycles. The zero-order chi connectivity index (χ0) is 16.4. The van der Waals surface area contributed by atoms with E-state index < -0.39 is 17.6 Å². The van der Waals surface area contributed by atoms with Gasteiger partial charge >= 0.3 is 0 Å². The van der Waals surface area contributed by atoms with Crippen LogP contribution in [0.25, 0.3) is 0 Å². The summed E-state index contributed by atoms with van der Waals surface area (Å²) in [6.07, 6.45) is 0.358. The second-order valence-corrected chi connectivity index (χ2v) is 5.31. The van der Waals surface area contributed by atoms with Crippen molar-refractivity contribution in [2.75, 3.05) is 16.8 Å². The average molecular weight is 316 g/mol. The third-order valence-corrected chi connectivity index (χ3v) is 3.75. The second kappa shape index (κ2) is 6.16. The van der Waals surface area contributed by atoms with Gasteiger partial charge in [-0.1, -0.05) is 6.07 Å². The van der Waals surface area contributed by atoms with E-state index in [0.717, 1.165) is 0 Å². The number of amides is 2. The van der Waals surface area contributed by atoms with Crippen LogP contribution in [0.2, 0.25) is 0 Å². The predicted octanol–water partition coefficient (Wildman–Crippen LogP) is 2.96. The first kappa shape index (κ1) is 15.1. The molecule has 1 atom stereocenters. The first-order valence-corrected chi connectivity index (χ1v) is 7.18. The number of nitrogens with one attached hydrogen (secondary N) is 1. The first-order chi connectivity index (χ1) is 11.0. The summed E-state index contributed by atoms with van der Waals surface area (Å²) in [6, 6.07) is 11.0. The molecule has 1 fully saturated rings. The number of nitrogens with zero attached hydrogens (tertiary/aromatic N) is 1. The molecule has 3 rings (SSSR count). The second-order valence-electron chi connectivity index (χ2n) is 5.31. The van der Waals surface area contributed by atoms with Crippen LogP contribution in [0.1, 0.15) is 6.42 Å². The maximum absolute atomic E-state index is 13.1. The molecule has 1 aliphatic rings. The molecular formula is C17H14F2N2O2. The Morgan fingerprint density at radius 1 is 1.09 bits per heavy atom. The van der Waals surface area contributed by atoms with Crippen molar-refractivity contribution in [2.24, 2.45) is 5.92 Å². The normalized spacial score (nSPS) is 17.4. The van der Waals surface area contributed by atoms with Crippen LogP contribution >= 0.6 is 0 Å². The van der Waals surface area contributed by atoms with Gasteiger partial charge in [0.2, 0.25) is 11.8 Å². The lowest BCUT2D eigenvalue weighted by molar-refractivity contribution is -0.129. The molecule has 1 saturated heterocycles. The number of halogens is 2. The molecule has 23 heavy (non-hydrogen) atoms. The topological polar surface area (TPSA) is 49.4 Å². The highest BCUT2D eigenvalue weighted by molar-refractivity contribution is 6.13. The van der Waals surface area contributed by atoms with Crippen molar-refractivity contribution in [3.05, 3.63) is 60.2 Å². The van der Waals surface area contributed by atoms with Crippen LogP contribution in [0, 0.1) is 17.6 Å². The molecule has 1 heterocycles. The Morgan fingerprint density at radius 2 is 1.83 bits per heavy atom. The zero-order valence-corrected chi connectivity index (χ0v) is 12.1. The lowest BCUT2D eigenvalue weighted by Gasteiger charge is -2.16. The number of anilines is 2. The summed E-state index contributed by atoms with van der Waals surface area (Å²) < 4.78 is 26.1. The van der Waals surface area contributed by atoms with Gasteiger partial charge in [-0.25, -0.2) is 8.78 Å². The van der Waals surface area contributed by atoms with E-state index in [2.05, 4.69) is 5.32 Å². The van der Waals surface area contributed by atoms with Crippen molar-refractivity contribution in [1.29, 1.82) is 0 Å². The van der Waals surface area contributed by atoms with E-state index in [0.29, 0.717) is 24.3 Å². The van der Waals surface area contributed by atoms with Crippen LogP contribution in [0.15, 0.2) is 48.5 Å². The molecule has 2 amide bonds. The molecule has 0 spiro atoms. The molecule has 4 nitrogen and oxygen atoms in total. The maximum Gasteiger partial charge on any atom is 0.239 e. The van der Waals surface area contributed by atoms with Gasteiger partial charge in [0.25, 0.3) is 0 Å². The highest BCUT2D eigenvalue weighted by Crippen LogP contribution is 2.26. The summed E-state index contributed by atoms with van der Waals surface area (Å²) in [5, 5.41) is 2.55. The van der Waals surface area contributed by atoms with E-state index in [1.54, 1.807) is 6.07 Å². The van der Waals surface area contributed by atoms with E-state index in [-0.39, 0.29) is 11.7 Å². The molecule has 0 aliphatic carbocycles. The van der Waals surface area contributed by atoms with Crippen LogP contribution < -0.4 is 10.2 Å². The minimum Gasteiger partial charge on any atom is -0.325 e. The van der Waals surface area contributed by atoms with Gasteiger partial charge in [-0.3, -0.25) is 9.59 Å². The molecule has 0 unspecified atom stereocenters. The van der Waals surface area contributed by atoms with Crippen LogP contribution in [0.4, 0.5) is 20.2 Å². The van der Waals surface area contributed by atoms with Crippen molar-refractivity contribution in [3.8, 4) is 0 Å². The Balaban J connectivity index is 1.71. The molecule has 2 aromatic rings. The predicted molar refractivity (Wildman–Crippen MR) is 81.9 cm³/mol. The van der Waals surface area contributed by atoms with Gasteiger partial charge in [-0.05, 0) is 48.9 Å². The summed E-state index contributed by atoms with van der Waals surface area (Å²) >= 11 is 0. The van der Waals surface area contributed by atoms with Gasteiger partial charge in [0, 0.05) is 17.9 Å². The van der Waals surface area contributed by atoms with E-state index in [4.69, 9.17) is 0 Å². The minimum atomic E-state index is -0.830. The van der Waals surface area contributed by atoms with Gasteiger partial charge < -0.3 is 10.2 Å². The quantitative estimate of drug-likeness (QED) is 0.885. The van der Waals surface area contributed by atoms with E-state index >= 15 is 0 Å². The van der Waals surface area contributed by atoms with Crippen molar-refractivity contribution in [3.63, 3.8) is 0 Å². The fourth-order valence-electron chi connectivity index (χ4n) is 2.60. The number of rotatable bonds is 3. The summed E-state index contributed by atoms with van der Waals surface area (Å²) in [5.74, 6) is -2.49. The third kappa shape index (κ3) is 3.21. The largest absolute Gasteiger partial charge is 0.325 e. The molecule has 0 aromatic heterocycles. The number of carbonyl (C=O) groups excluding carboxylic acids is 2. The fraction of sp³-hybridized carbons (Fsp3) is 0.176. The van der Waals surface area contributed by atoms with Gasteiger partial charge in [0.1, 0.15) is 17.6 Å². The Bertz CT molecular complexity index is 747. The number of hydrogen-bond acceptors (Lipinski definition) is 2. The Morgan fingerprint density at radius 3 is 2.52 bits per heavy atom. The maximum atomic E-state index is 13.1. The van der Waals surface area contributed by atoms with Gasteiger partial charge in [-0.2, -0.15) is 0 Å². The SMILES string of the molecule is O=C(Nc1cccc(F)c1)[C@H]1CCN(c2ccc(F)cc2)C1=O. The third-order valence-electron chi connectivity index (χ3n) is 3.75. The van der Waals surface area contributed by atoms with Crippen molar-refractivity contribution < 1.29 is 18.4 Å². The minimum absolute atomic E-state index is 0.308. The van der Waals surface area contributed by atoms with Crippen molar-refractivity contribution >= 4 is 23.2 Å². The van der Waals surface area contributed by atoms with Crippen LogP contribution in [0.5, 0.6) is 0 Å². The monoisotopic (exact) mass is 316 g/mol. The molecule has 6 heteroatoms. The van der Waals surface area contributed by atoms with E-state index in [9.17, 15) is 18.4 Å². The summed E-state index contributed by atoms with van der Waals surface area (Å²) in [6.45, 7) is 0.381. The number of benzene rings is 2. The summed E-state index contributed by atoms with van der Waals surface area (Å²) in [7, 11) is 0. The van der Waals surface area contributed by atoms with Gasteiger partial charge in [0.05, 0.1) is 0 Å². The number of carbonyl (C=O) groups is 2. The average Bonchev–Trinajstić information content (AvgIpc) is 2.90. The molecule has 0 bridgehead atoms. The molecule has 118 valence electrons. The first-order valence-electron chi connectivity index (χ1n) is 7.18.